The molecule has 0 amide bonds. The molecule has 5 nitrogen and oxygen atoms in total. The Morgan fingerprint density at radius 2 is 1.75 bits per heavy atom. The lowest BCUT2D eigenvalue weighted by Gasteiger charge is -2.34. The van der Waals surface area contributed by atoms with Crippen molar-refractivity contribution in [1.82, 2.24) is 5.32 Å². The number of rotatable bonds is 4. The van der Waals surface area contributed by atoms with Crippen molar-refractivity contribution >= 4 is 0 Å². The van der Waals surface area contributed by atoms with Gasteiger partial charge in [0.25, 0.3) is 0 Å². The molecule has 0 aromatic heterocycles. The molecule has 1 aromatic rings. The largest absolute Gasteiger partial charge is 0.493 e. The molecule has 20 heavy (non-hydrogen) atoms. The third-order valence-corrected chi connectivity index (χ3v) is 3.79. The molecule has 1 heterocycles. The first-order chi connectivity index (χ1) is 9.62. The van der Waals surface area contributed by atoms with Gasteiger partial charge in [-0.2, -0.15) is 0 Å². The maximum Gasteiger partial charge on any atom is 0.203 e. The van der Waals surface area contributed by atoms with Crippen molar-refractivity contribution in [1.29, 1.82) is 0 Å². The summed E-state index contributed by atoms with van der Waals surface area (Å²) in [4.78, 5) is 0. The Morgan fingerprint density at radius 3 is 2.30 bits per heavy atom. The molecule has 3 unspecified atom stereocenters. The summed E-state index contributed by atoms with van der Waals surface area (Å²) in [6.45, 7) is 4.93. The van der Waals surface area contributed by atoms with Crippen LogP contribution in [0.5, 0.6) is 17.2 Å². The van der Waals surface area contributed by atoms with Gasteiger partial charge < -0.3 is 24.3 Å². The van der Waals surface area contributed by atoms with E-state index in [1.54, 1.807) is 21.3 Å². The molecule has 0 aliphatic carbocycles. The van der Waals surface area contributed by atoms with Crippen molar-refractivity contribution in [3.8, 4) is 17.2 Å². The van der Waals surface area contributed by atoms with Gasteiger partial charge in [-0.15, -0.1) is 0 Å². The zero-order valence-electron chi connectivity index (χ0n) is 12.7. The van der Waals surface area contributed by atoms with Gasteiger partial charge in [-0.3, -0.25) is 0 Å². The fraction of sp³-hybridized carbons (Fsp3) is 0.600. The molecule has 5 heteroatoms. The normalized spacial score (nSPS) is 26.1. The number of methoxy groups -OCH3 is 3. The Balaban J connectivity index is 2.36. The van der Waals surface area contributed by atoms with Crippen molar-refractivity contribution in [3.05, 3.63) is 17.7 Å². The van der Waals surface area contributed by atoms with Crippen LogP contribution in [0.25, 0.3) is 0 Å². The number of morpholine rings is 1. The highest BCUT2D eigenvalue weighted by atomic mass is 16.5. The lowest BCUT2D eigenvalue weighted by molar-refractivity contribution is -0.0518. The van der Waals surface area contributed by atoms with Gasteiger partial charge in [0.05, 0.1) is 33.5 Å². The minimum atomic E-state index is -0.0593. The van der Waals surface area contributed by atoms with E-state index in [1.165, 1.54) is 0 Å². The summed E-state index contributed by atoms with van der Waals surface area (Å²) in [5.74, 6) is 1.92. The molecule has 1 saturated heterocycles. The van der Waals surface area contributed by atoms with Crippen LogP contribution < -0.4 is 19.5 Å². The summed E-state index contributed by atoms with van der Waals surface area (Å²) < 4.78 is 22.3. The second-order valence-electron chi connectivity index (χ2n) is 4.95. The van der Waals surface area contributed by atoms with Crippen LogP contribution in [0.4, 0.5) is 0 Å². The van der Waals surface area contributed by atoms with E-state index in [2.05, 4.69) is 19.2 Å². The maximum atomic E-state index is 6.06. The molecule has 112 valence electrons. The summed E-state index contributed by atoms with van der Waals surface area (Å²) >= 11 is 0. The Kier molecular flexibility index (Phi) is 4.73. The topological polar surface area (TPSA) is 49.0 Å². The van der Waals surface area contributed by atoms with E-state index < -0.39 is 0 Å². The molecule has 1 aromatic carbocycles. The summed E-state index contributed by atoms with van der Waals surface area (Å²) in [6, 6.07) is 4.19. The molecule has 2 rings (SSSR count). The van der Waals surface area contributed by atoms with E-state index in [1.807, 2.05) is 12.1 Å². The van der Waals surface area contributed by atoms with Crippen LogP contribution in [0, 0.1) is 0 Å². The van der Waals surface area contributed by atoms with Crippen molar-refractivity contribution < 1.29 is 18.9 Å². The summed E-state index contributed by atoms with van der Waals surface area (Å²) in [6.07, 6.45) is 0.0857. The molecule has 1 fully saturated rings. The summed E-state index contributed by atoms with van der Waals surface area (Å²) in [5, 5.41) is 3.45. The van der Waals surface area contributed by atoms with Gasteiger partial charge in [-0.05, 0) is 26.0 Å². The first kappa shape index (κ1) is 14.9. The van der Waals surface area contributed by atoms with Gasteiger partial charge in [0.15, 0.2) is 11.5 Å². The predicted molar refractivity (Wildman–Crippen MR) is 76.9 cm³/mol. The predicted octanol–water partition coefficient (Wildman–Crippen LogP) is 2.15. The Morgan fingerprint density at radius 1 is 1.05 bits per heavy atom. The van der Waals surface area contributed by atoms with Crippen molar-refractivity contribution in [2.24, 2.45) is 0 Å². The number of benzene rings is 1. The Bertz CT molecular complexity index is 463. The smallest absolute Gasteiger partial charge is 0.203 e. The van der Waals surface area contributed by atoms with Crippen molar-refractivity contribution in [3.63, 3.8) is 0 Å². The van der Waals surface area contributed by atoms with E-state index in [9.17, 15) is 0 Å². The molecule has 0 spiro atoms. The zero-order valence-corrected chi connectivity index (χ0v) is 12.7. The molecule has 1 aliphatic heterocycles. The van der Waals surface area contributed by atoms with E-state index in [0.717, 1.165) is 12.1 Å². The van der Waals surface area contributed by atoms with Crippen LogP contribution in [0.1, 0.15) is 25.5 Å². The third-order valence-electron chi connectivity index (χ3n) is 3.79. The summed E-state index contributed by atoms with van der Waals surface area (Å²) in [7, 11) is 4.84. The maximum absolute atomic E-state index is 6.06. The Labute approximate surface area is 120 Å². The standard InChI is InChI=1S/C15H23NO4/c1-9-10(2)20-13(8-16-9)11-6-7-12(17-3)15(19-5)14(11)18-4/h6-7,9-10,13,16H,8H2,1-5H3. The number of hydrogen-bond acceptors (Lipinski definition) is 5. The second-order valence-corrected chi connectivity index (χ2v) is 4.95. The average molecular weight is 281 g/mol. The molecule has 0 bridgehead atoms. The van der Waals surface area contributed by atoms with Gasteiger partial charge in [0.2, 0.25) is 5.75 Å². The number of nitrogens with one attached hydrogen (secondary N) is 1. The van der Waals surface area contributed by atoms with Gasteiger partial charge in [-0.25, -0.2) is 0 Å². The van der Waals surface area contributed by atoms with E-state index >= 15 is 0 Å². The second kappa shape index (κ2) is 6.33. The highest BCUT2D eigenvalue weighted by Gasteiger charge is 2.29. The van der Waals surface area contributed by atoms with Gasteiger partial charge >= 0.3 is 0 Å². The molecule has 1 aliphatic rings. The van der Waals surface area contributed by atoms with Crippen molar-refractivity contribution in [2.45, 2.75) is 32.1 Å². The van der Waals surface area contributed by atoms with Crippen LogP contribution in [0.2, 0.25) is 0 Å². The molecule has 0 saturated carbocycles. The summed E-state index contributed by atoms with van der Waals surface area (Å²) in [5.41, 5.74) is 0.969. The molecule has 3 atom stereocenters. The van der Waals surface area contributed by atoms with E-state index in [0.29, 0.717) is 23.3 Å². The lowest BCUT2D eigenvalue weighted by atomic mass is 10.0. The minimum absolute atomic E-state index is 0.0593. The van der Waals surface area contributed by atoms with Gasteiger partial charge in [-0.1, -0.05) is 0 Å². The van der Waals surface area contributed by atoms with Gasteiger partial charge in [0.1, 0.15) is 0 Å². The van der Waals surface area contributed by atoms with E-state index in [-0.39, 0.29) is 12.2 Å². The molecule has 0 radical (unpaired) electrons. The quantitative estimate of drug-likeness (QED) is 0.916. The first-order valence-electron chi connectivity index (χ1n) is 6.80. The first-order valence-corrected chi connectivity index (χ1v) is 6.80. The minimum Gasteiger partial charge on any atom is -0.493 e. The average Bonchev–Trinajstić information content (AvgIpc) is 2.48. The van der Waals surface area contributed by atoms with Crippen molar-refractivity contribution in [2.75, 3.05) is 27.9 Å². The van der Waals surface area contributed by atoms with Crippen LogP contribution >= 0.6 is 0 Å². The molecular weight excluding hydrogens is 258 g/mol. The highest BCUT2D eigenvalue weighted by Crippen LogP contribution is 2.43. The SMILES string of the molecule is COc1ccc(C2CNC(C)C(C)O2)c(OC)c1OC. The van der Waals surface area contributed by atoms with Crippen LogP contribution in [-0.2, 0) is 4.74 Å². The number of hydrogen-bond donors (Lipinski definition) is 1. The Hall–Kier alpha value is -1.46. The van der Waals surface area contributed by atoms with Crippen LogP contribution in [0.15, 0.2) is 12.1 Å². The third kappa shape index (κ3) is 2.69. The monoisotopic (exact) mass is 281 g/mol. The fourth-order valence-corrected chi connectivity index (χ4v) is 2.45. The zero-order chi connectivity index (χ0) is 14.7. The highest BCUT2D eigenvalue weighted by molar-refractivity contribution is 5.56. The van der Waals surface area contributed by atoms with Crippen LogP contribution in [0.3, 0.4) is 0 Å². The molecular formula is C15H23NO4. The van der Waals surface area contributed by atoms with Crippen LogP contribution in [-0.4, -0.2) is 40.0 Å². The number of ether oxygens (including phenoxy) is 4. The lowest BCUT2D eigenvalue weighted by Crippen LogP contribution is -2.46. The van der Waals surface area contributed by atoms with Gasteiger partial charge in [0, 0.05) is 18.2 Å². The molecule has 1 N–H and O–H groups in total. The van der Waals surface area contributed by atoms with E-state index in [4.69, 9.17) is 18.9 Å². The fourth-order valence-electron chi connectivity index (χ4n) is 2.45.